The van der Waals surface area contributed by atoms with Gasteiger partial charge < -0.3 is 5.32 Å². The lowest BCUT2D eigenvalue weighted by molar-refractivity contribution is -0.141. The summed E-state index contributed by atoms with van der Waals surface area (Å²) in [4.78, 5) is 7.10. The Morgan fingerprint density at radius 2 is 2.15 bits per heavy atom. The molecule has 0 aromatic carbocycles. The predicted octanol–water partition coefficient (Wildman–Crippen LogP) is 1.92. The van der Waals surface area contributed by atoms with Crippen molar-refractivity contribution in [3.63, 3.8) is 0 Å². The van der Waals surface area contributed by atoms with Gasteiger partial charge in [-0.25, -0.2) is 4.98 Å². The first-order chi connectivity index (χ1) is 9.45. The number of halogens is 3. The number of H-pyrrole nitrogens is 1. The van der Waals surface area contributed by atoms with Crippen molar-refractivity contribution in [3.8, 4) is 0 Å². The summed E-state index contributed by atoms with van der Waals surface area (Å²) in [5.74, 6) is -0.0344. The molecule has 3 aromatic heterocycles. The van der Waals surface area contributed by atoms with Gasteiger partial charge in [0.1, 0.15) is 12.1 Å². The Bertz CT molecular complexity index is 758. The normalized spacial score (nSPS) is 12.0. The third-order valence-electron chi connectivity index (χ3n) is 2.63. The summed E-state index contributed by atoms with van der Waals surface area (Å²) in [5, 5.41) is 13.1. The van der Waals surface area contributed by atoms with Crippen molar-refractivity contribution in [2.24, 2.45) is 0 Å². The molecule has 0 saturated carbocycles. The lowest BCUT2D eigenvalue weighted by atomic mass is 10.3. The molecule has 2 N–H and O–H groups in total. The Hall–Kier alpha value is -2.65. The maximum absolute atomic E-state index is 12.8. The van der Waals surface area contributed by atoms with Crippen LogP contribution in [0.3, 0.4) is 0 Å². The molecule has 0 atom stereocenters. The van der Waals surface area contributed by atoms with Crippen molar-refractivity contribution in [3.05, 3.63) is 30.0 Å². The lowest BCUT2D eigenvalue weighted by Gasteiger charge is -2.10. The Morgan fingerprint density at radius 3 is 2.80 bits per heavy atom. The summed E-state index contributed by atoms with van der Waals surface area (Å²) < 4.78 is 39.6. The minimum absolute atomic E-state index is 0.101. The SMILES string of the molecule is Cc1[nH]ncc1Nc1cc(C(F)(F)F)nc2ncnn12. The van der Waals surface area contributed by atoms with Gasteiger partial charge in [0.05, 0.1) is 17.6 Å². The zero-order chi connectivity index (χ0) is 14.3. The lowest BCUT2D eigenvalue weighted by Crippen LogP contribution is -2.12. The highest BCUT2D eigenvalue weighted by Gasteiger charge is 2.34. The number of aromatic amines is 1. The second-order valence-electron chi connectivity index (χ2n) is 4.03. The van der Waals surface area contributed by atoms with Crippen LogP contribution >= 0.6 is 0 Å². The number of aryl methyl sites for hydroxylation is 1. The molecule has 104 valence electrons. The van der Waals surface area contributed by atoms with Crippen molar-refractivity contribution < 1.29 is 13.2 Å². The fraction of sp³-hybridized carbons (Fsp3) is 0.200. The van der Waals surface area contributed by atoms with Crippen LogP contribution in [0.5, 0.6) is 0 Å². The minimum Gasteiger partial charge on any atom is -0.337 e. The number of fused-ring (bicyclic) bond motifs is 1. The molecule has 0 aliphatic heterocycles. The first-order valence-electron chi connectivity index (χ1n) is 5.50. The second kappa shape index (κ2) is 4.18. The van der Waals surface area contributed by atoms with E-state index in [9.17, 15) is 13.2 Å². The summed E-state index contributed by atoms with van der Waals surface area (Å²) in [5.41, 5.74) is 0.186. The van der Waals surface area contributed by atoms with Crippen LogP contribution in [0.2, 0.25) is 0 Å². The smallest absolute Gasteiger partial charge is 0.337 e. The van der Waals surface area contributed by atoms with Gasteiger partial charge in [-0.1, -0.05) is 0 Å². The average molecular weight is 283 g/mol. The van der Waals surface area contributed by atoms with Crippen LogP contribution in [0.1, 0.15) is 11.4 Å². The van der Waals surface area contributed by atoms with Gasteiger partial charge in [0.25, 0.3) is 5.78 Å². The molecule has 0 aliphatic carbocycles. The average Bonchev–Trinajstić information content (AvgIpc) is 2.97. The highest BCUT2D eigenvalue weighted by atomic mass is 19.4. The number of nitrogens with zero attached hydrogens (tertiary/aromatic N) is 5. The first-order valence-corrected chi connectivity index (χ1v) is 5.50. The number of alkyl halides is 3. The van der Waals surface area contributed by atoms with Crippen LogP contribution < -0.4 is 5.32 Å². The summed E-state index contributed by atoms with van der Waals surface area (Å²) in [7, 11) is 0. The summed E-state index contributed by atoms with van der Waals surface area (Å²) in [6, 6.07) is 0.869. The molecule has 7 nitrogen and oxygen atoms in total. The molecular formula is C10H8F3N7. The maximum Gasteiger partial charge on any atom is 0.433 e. The Labute approximate surface area is 109 Å². The number of rotatable bonds is 2. The Morgan fingerprint density at radius 1 is 1.35 bits per heavy atom. The third-order valence-corrected chi connectivity index (χ3v) is 2.63. The van der Waals surface area contributed by atoms with Gasteiger partial charge in [0.15, 0.2) is 5.69 Å². The molecular weight excluding hydrogens is 275 g/mol. The van der Waals surface area contributed by atoms with Crippen molar-refractivity contribution in [1.29, 1.82) is 0 Å². The van der Waals surface area contributed by atoms with Crippen molar-refractivity contribution >= 4 is 17.3 Å². The van der Waals surface area contributed by atoms with Gasteiger partial charge in [-0.2, -0.15) is 32.9 Å². The number of anilines is 2. The maximum atomic E-state index is 12.8. The van der Waals surface area contributed by atoms with Crippen molar-refractivity contribution in [2.45, 2.75) is 13.1 Å². The van der Waals surface area contributed by atoms with E-state index >= 15 is 0 Å². The number of aromatic nitrogens is 6. The highest BCUT2D eigenvalue weighted by Crippen LogP contribution is 2.30. The van der Waals surface area contributed by atoms with Crippen LogP contribution in [-0.4, -0.2) is 29.8 Å². The fourth-order valence-corrected chi connectivity index (χ4v) is 1.66. The summed E-state index contributed by atoms with van der Waals surface area (Å²) in [6.45, 7) is 1.74. The molecule has 20 heavy (non-hydrogen) atoms. The molecule has 0 aliphatic rings. The monoisotopic (exact) mass is 283 g/mol. The van der Waals surface area contributed by atoms with Gasteiger partial charge >= 0.3 is 6.18 Å². The zero-order valence-corrected chi connectivity index (χ0v) is 10.1. The Kier molecular flexibility index (Phi) is 2.59. The van der Waals surface area contributed by atoms with Crippen molar-refractivity contribution in [1.82, 2.24) is 29.8 Å². The molecule has 0 radical (unpaired) electrons. The van der Waals surface area contributed by atoms with E-state index in [1.165, 1.54) is 10.7 Å². The molecule has 3 heterocycles. The molecule has 0 saturated heterocycles. The van der Waals surface area contributed by atoms with Crippen LogP contribution in [-0.2, 0) is 6.18 Å². The number of nitrogens with one attached hydrogen (secondary N) is 2. The molecule has 0 unspecified atom stereocenters. The molecule has 0 amide bonds. The van der Waals surface area contributed by atoms with E-state index < -0.39 is 11.9 Å². The standard InChI is InChI=1S/C10H8F3N7/c1-5-6(3-15-19-5)17-8-2-7(10(11,12)13)18-9-14-4-16-20(8)9/h2-4,17H,1H3,(H,15,19). The zero-order valence-electron chi connectivity index (χ0n) is 10.1. The van der Waals surface area contributed by atoms with E-state index in [4.69, 9.17) is 0 Å². The summed E-state index contributed by atoms with van der Waals surface area (Å²) in [6.07, 6.45) is -1.96. The van der Waals surface area contributed by atoms with Gasteiger partial charge in [0, 0.05) is 6.07 Å². The van der Waals surface area contributed by atoms with E-state index in [0.29, 0.717) is 11.4 Å². The van der Waals surface area contributed by atoms with E-state index in [0.717, 1.165) is 12.4 Å². The van der Waals surface area contributed by atoms with Crippen LogP contribution in [0, 0.1) is 6.92 Å². The fourth-order valence-electron chi connectivity index (χ4n) is 1.66. The van der Waals surface area contributed by atoms with E-state index in [2.05, 4.69) is 30.6 Å². The highest BCUT2D eigenvalue weighted by molar-refractivity contribution is 5.60. The topological polar surface area (TPSA) is 83.8 Å². The van der Waals surface area contributed by atoms with E-state index in [-0.39, 0.29) is 11.6 Å². The predicted molar refractivity (Wildman–Crippen MR) is 62.4 cm³/mol. The van der Waals surface area contributed by atoms with Gasteiger partial charge in [-0.15, -0.1) is 0 Å². The molecule has 10 heteroatoms. The third kappa shape index (κ3) is 2.04. The van der Waals surface area contributed by atoms with Gasteiger partial charge in [-0.05, 0) is 6.92 Å². The first kappa shape index (κ1) is 12.4. The molecule has 0 spiro atoms. The van der Waals surface area contributed by atoms with Crippen LogP contribution in [0.4, 0.5) is 24.7 Å². The molecule has 3 aromatic rings. The summed E-state index contributed by atoms with van der Waals surface area (Å²) >= 11 is 0. The van der Waals surface area contributed by atoms with E-state index in [1.54, 1.807) is 6.92 Å². The van der Waals surface area contributed by atoms with Crippen molar-refractivity contribution in [2.75, 3.05) is 5.32 Å². The van der Waals surface area contributed by atoms with Gasteiger partial charge in [0.2, 0.25) is 0 Å². The van der Waals surface area contributed by atoms with Crippen LogP contribution in [0.15, 0.2) is 18.6 Å². The number of hydrogen-bond acceptors (Lipinski definition) is 5. The van der Waals surface area contributed by atoms with Crippen LogP contribution in [0.25, 0.3) is 5.78 Å². The van der Waals surface area contributed by atoms with E-state index in [1.807, 2.05) is 0 Å². The quantitative estimate of drug-likeness (QED) is 0.750. The largest absolute Gasteiger partial charge is 0.433 e. The molecule has 3 rings (SSSR count). The minimum atomic E-state index is -4.56. The Balaban J connectivity index is 2.13. The molecule has 0 bridgehead atoms. The second-order valence-corrected chi connectivity index (χ2v) is 4.03. The van der Waals surface area contributed by atoms with Gasteiger partial charge in [-0.3, -0.25) is 5.10 Å². The molecule has 0 fully saturated rings. The number of hydrogen-bond donors (Lipinski definition) is 2.